The number of aromatic nitrogens is 1. The van der Waals surface area contributed by atoms with Crippen molar-refractivity contribution >= 4 is 57.7 Å². The quantitative estimate of drug-likeness (QED) is 0.421. The Balaban J connectivity index is 0.000000640. The third-order valence-corrected chi connectivity index (χ3v) is 0.809. The van der Waals surface area contributed by atoms with Gasteiger partial charge >= 0.3 is 51.4 Å². The molecular formula is C6H6KNO. The van der Waals surface area contributed by atoms with Gasteiger partial charge in [0.1, 0.15) is 5.69 Å². The van der Waals surface area contributed by atoms with Crippen molar-refractivity contribution in [3.63, 3.8) is 0 Å². The van der Waals surface area contributed by atoms with Crippen LogP contribution in [0.25, 0.3) is 0 Å². The normalized spacial score (nSPS) is 7.56. The zero-order chi connectivity index (χ0) is 5.82. The molecule has 0 aliphatic carbocycles. The first-order valence-electron chi connectivity index (χ1n) is 2.29. The molecule has 0 radical (unpaired) electrons. The van der Waals surface area contributed by atoms with Gasteiger partial charge in [-0.2, -0.15) is 0 Å². The zero-order valence-corrected chi connectivity index (χ0v) is 4.24. The fourth-order valence-corrected chi connectivity index (χ4v) is 0.446. The molecule has 0 atom stereocenters. The molecule has 0 saturated heterocycles. The summed E-state index contributed by atoms with van der Waals surface area (Å²) in [5, 5.41) is 0. The number of hydrogen-bond acceptors (Lipinski definition) is 2. The average Bonchev–Trinajstić information content (AvgIpc) is 1.90. The first-order valence-corrected chi connectivity index (χ1v) is 2.29. The van der Waals surface area contributed by atoms with Crippen LogP contribution >= 0.6 is 0 Å². The Morgan fingerprint density at radius 3 is 2.56 bits per heavy atom. The van der Waals surface area contributed by atoms with Crippen LogP contribution in [-0.4, -0.2) is 62.7 Å². The van der Waals surface area contributed by atoms with E-state index in [0.717, 1.165) is 6.29 Å². The van der Waals surface area contributed by atoms with Crippen LogP contribution < -0.4 is 0 Å². The monoisotopic (exact) mass is 147 g/mol. The number of hydrogen-bond donors (Lipinski definition) is 0. The van der Waals surface area contributed by atoms with Gasteiger partial charge in [-0.3, -0.25) is 9.78 Å². The second-order valence-electron chi connectivity index (χ2n) is 1.37. The molecule has 0 saturated carbocycles. The summed E-state index contributed by atoms with van der Waals surface area (Å²) in [6, 6.07) is 5.21. The molecule has 0 unspecified atom stereocenters. The summed E-state index contributed by atoms with van der Waals surface area (Å²) in [4.78, 5) is 13.7. The maximum absolute atomic E-state index is 9.94. The van der Waals surface area contributed by atoms with Crippen molar-refractivity contribution in [3.05, 3.63) is 30.1 Å². The molecule has 0 spiro atoms. The third-order valence-electron chi connectivity index (χ3n) is 0.809. The Bertz CT molecular complexity index is 176. The molecule has 3 heteroatoms. The second-order valence-corrected chi connectivity index (χ2v) is 1.37. The van der Waals surface area contributed by atoms with Crippen LogP contribution in [0.15, 0.2) is 24.4 Å². The molecule has 0 bridgehead atoms. The van der Waals surface area contributed by atoms with Gasteiger partial charge in [-0.1, -0.05) is 6.07 Å². The minimum absolute atomic E-state index is 0. The predicted molar refractivity (Wildman–Crippen MR) is 36.8 cm³/mol. The third kappa shape index (κ3) is 3.22. The molecular weight excluding hydrogens is 141 g/mol. The molecule has 0 amide bonds. The van der Waals surface area contributed by atoms with E-state index in [2.05, 4.69) is 4.98 Å². The molecule has 1 aromatic heterocycles. The van der Waals surface area contributed by atoms with Crippen LogP contribution in [0.4, 0.5) is 0 Å². The van der Waals surface area contributed by atoms with Gasteiger partial charge in [-0.25, -0.2) is 0 Å². The van der Waals surface area contributed by atoms with Gasteiger partial charge in [0.25, 0.3) is 0 Å². The molecule has 0 fully saturated rings. The molecule has 1 heterocycles. The van der Waals surface area contributed by atoms with Crippen molar-refractivity contribution in [2.24, 2.45) is 0 Å². The summed E-state index contributed by atoms with van der Waals surface area (Å²) >= 11 is 0. The summed E-state index contributed by atoms with van der Waals surface area (Å²) in [6.07, 6.45) is 2.31. The summed E-state index contributed by atoms with van der Waals surface area (Å²) in [6.45, 7) is 0. The van der Waals surface area contributed by atoms with E-state index in [9.17, 15) is 4.79 Å². The first-order chi connectivity index (χ1) is 3.93. The van der Waals surface area contributed by atoms with Gasteiger partial charge in [0, 0.05) is 6.20 Å². The number of aldehydes is 1. The van der Waals surface area contributed by atoms with Crippen molar-refractivity contribution in [2.45, 2.75) is 0 Å². The molecule has 0 aliphatic heterocycles. The molecule has 2 nitrogen and oxygen atoms in total. The van der Waals surface area contributed by atoms with Gasteiger partial charge in [0.05, 0.1) is 0 Å². The van der Waals surface area contributed by atoms with E-state index in [1.165, 1.54) is 0 Å². The summed E-state index contributed by atoms with van der Waals surface area (Å²) in [5.41, 5.74) is 0.479. The van der Waals surface area contributed by atoms with Crippen LogP contribution in [-0.2, 0) is 0 Å². The van der Waals surface area contributed by atoms with Crippen LogP contribution in [0, 0.1) is 0 Å². The Kier molecular flexibility index (Phi) is 5.52. The van der Waals surface area contributed by atoms with Crippen LogP contribution in [0.1, 0.15) is 10.5 Å². The molecule has 0 N–H and O–H groups in total. The van der Waals surface area contributed by atoms with Gasteiger partial charge < -0.3 is 0 Å². The number of pyridine rings is 1. The molecule has 1 aromatic rings. The Labute approximate surface area is 96.1 Å². The van der Waals surface area contributed by atoms with E-state index in [1.54, 1.807) is 24.4 Å². The van der Waals surface area contributed by atoms with Crippen LogP contribution in [0.5, 0.6) is 0 Å². The minimum atomic E-state index is 0. The number of rotatable bonds is 1. The summed E-state index contributed by atoms with van der Waals surface area (Å²) in [7, 11) is 0. The van der Waals surface area contributed by atoms with E-state index in [1.807, 2.05) is 0 Å². The molecule has 42 valence electrons. The second kappa shape index (κ2) is 5.26. The number of carbonyl (C=O) groups excluding carboxylic acids is 1. The Hall–Kier alpha value is 0.456. The summed E-state index contributed by atoms with van der Waals surface area (Å²) < 4.78 is 0. The van der Waals surface area contributed by atoms with Gasteiger partial charge in [-0.05, 0) is 12.1 Å². The van der Waals surface area contributed by atoms with E-state index < -0.39 is 0 Å². The SMILES string of the molecule is O=Cc1ccccn1.[KH]. The van der Waals surface area contributed by atoms with Crippen LogP contribution in [0.2, 0.25) is 0 Å². The topological polar surface area (TPSA) is 30.0 Å². The summed E-state index contributed by atoms with van der Waals surface area (Å²) in [5.74, 6) is 0. The zero-order valence-electron chi connectivity index (χ0n) is 4.24. The van der Waals surface area contributed by atoms with Crippen molar-refractivity contribution in [1.82, 2.24) is 4.98 Å². The fourth-order valence-electron chi connectivity index (χ4n) is 0.446. The van der Waals surface area contributed by atoms with Gasteiger partial charge in [0.2, 0.25) is 0 Å². The van der Waals surface area contributed by atoms with E-state index in [4.69, 9.17) is 0 Å². The average molecular weight is 147 g/mol. The Morgan fingerprint density at radius 2 is 2.22 bits per heavy atom. The molecule has 0 aliphatic rings. The number of nitrogens with zero attached hydrogens (tertiary/aromatic N) is 1. The number of carbonyl (C=O) groups is 1. The van der Waals surface area contributed by atoms with Crippen molar-refractivity contribution in [2.75, 3.05) is 0 Å². The van der Waals surface area contributed by atoms with Crippen molar-refractivity contribution < 1.29 is 4.79 Å². The van der Waals surface area contributed by atoms with Gasteiger partial charge in [-0.15, -0.1) is 0 Å². The van der Waals surface area contributed by atoms with Gasteiger partial charge in [0.15, 0.2) is 6.29 Å². The molecule has 0 aromatic carbocycles. The van der Waals surface area contributed by atoms with E-state index >= 15 is 0 Å². The van der Waals surface area contributed by atoms with E-state index in [-0.39, 0.29) is 51.4 Å². The standard InChI is InChI=1S/C6H5NO.K.H/c8-5-6-3-1-2-4-7-6;;/h1-5H;;. The first kappa shape index (κ1) is 9.46. The predicted octanol–water partition coefficient (Wildman–Crippen LogP) is 0.246. The fraction of sp³-hybridized carbons (Fsp3) is 0. The van der Waals surface area contributed by atoms with Crippen molar-refractivity contribution in [1.29, 1.82) is 0 Å². The van der Waals surface area contributed by atoms with Crippen LogP contribution in [0.3, 0.4) is 0 Å². The maximum atomic E-state index is 9.94. The molecule has 1 rings (SSSR count). The Morgan fingerprint density at radius 1 is 1.44 bits per heavy atom. The molecule has 9 heavy (non-hydrogen) atoms. The van der Waals surface area contributed by atoms with Crippen molar-refractivity contribution in [3.8, 4) is 0 Å². The van der Waals surface area contributed by atoms with E-state index in [0.29, 0.717) is 5.69 Å².